The van der Waals surface area contributed by atoms with E-state index < -0.39 is 10.0 Å². The van der Waals surface area contributed by atoms with Crippen molar-refractivity contribution in [3.63, 3.8) is 0 Å². The molecule has 2 N–H and O–H groups in total. The van der Waals surface area contributed by atoms with Crippen LogP contribution in [-0.4, -0.2) is 36.5 Å². The predicted molar refractivity (Wildman–Crippen MR) is 54.8 cm³/mol. The van der Waals surface area contributed by atoms with Crippen LogP contribution in [-0.2, 0) is 16.6 Å². The van der Waals surface area contributed by atoms with E-state index in [-0.39, 0.29) is 11.5 Å². The molecule has 0 aliphatic heterocycles. The van der Waals surface area contributed by atoms with Gasteiger partial charge in [0.1, 0.15) is 4.90 Å². The second-order valence-electron chi connectivity index (χ2n) is 3.06. The van der Waals surface area contributed by atoms with Crippen LogP contribution in [0.25, 0.3) is 0 Å². The molecule has 0 bridgehead atoms. The van der Waals surface area contributed by atoms with Crippen LogP contribution in [0.2, 0.25) is 0 Å². The molecule has 0 amide bonds. The van der Waals surface area contributed by atoms with Gasteiger partial charge in [0.25, 0.3) is 0 Å². The number of hydrogen-bond acceptors (Lipinski definition) is 4. The third-order valence-electron chi connectivity index (χ3n) is 1.79. The van der Waals surface area contributed by atoms with Crippen LogP contribution in [0.4, 0.5) is 0 Å². The second kappa shape index (κ2) is 5.24. The van der Waals surface area contributed by atoms with Crippen molar-refractivity contribution in [1.82, 2.24) is 14.5 Å². The van der Waals surface area contributed by atoms with Crippen LogP contribution < -0.4 is 4.72 Å². The SMILES string of the molecule is CCCNS(=O)(=O)c1cnn(CCO)c1. The summed E-state index contributed by atoms with van der Waals surface area (Å²) in [6.07, 6.45) is 3.41. The maximum absolute atomic E-state index is 11.6. The van der Waals surface area contributed by atoms with Crippen molar-refractivity contribution in [3.8, 4) is 0 Å². The number of nitrogens with zero attached hydrogens (tertiary/aromatic N) is 2. The zero-order valence-electron chi connectivity index (χ0n) is 8.55. The zero-order chi connectivity index (χ0) is 11.3. The summed E-state index contributed by atoms with van der Waals surface area (Å²) in [4.78, 5) is 0.129. The molecule has 0 fully saturated rings. The standard InChI is InChI=1S/C8H15N3O3S/c1-2-3-10-15(13,14)8-6-9-11(7-8)4-5-12/h6-7,10,12H,2-5H2,1H3. The number of aliphatic hydroxyl groups excluding tert-OH is 1. The highest BCUT2D eigenvalue weighted by atomic mass is 32.2. The summed E-state index contributed by atoms with van der Waals surface area (Å²) >= 11 is 0. The van der Waals surface area contributed by atoms with Crippen LogP contribution in [0, 0.1) is 0 Å². The molecule has 0 spiro atoms. The Hall–Kier alpha value is -0.920. The van der Waals surface area contributed by atoms with E-state index in [2.05, 4.69) is 9.82 Å². The summed E-state index contributed by atoms with van der Waals surface area (Å²) < 4.78 is 27.0. The molecule has 0 atom stereocenters. The number of nitrogens with one attached hydrogen (secondary N) is 1. The minimum absolute atomic E-state index is 0.0659. The lowest BCUT2D eigenvalue weighted by molar-refractivity contribution is 0.269. The first-order chi connectivity index (χ1) is 7.10. The lowest BCUT2D eigenvalue weighted by atomic mass is 10.5. The van der Waals surface area contributed by atoms with Crippen LogP contribution in [0.5, 0.6) is 0 Å². The van der Waals surface area contributed by atoms with Gasteiger partial charge in [-0.25, -0.2) is 13.1 Å². The van der Waals surface area contributed by atoms with Gasteiger partial charge in [0, 0.05) is 12.7 Å². The molecule has 1 heterocycles. The first-order valence-electron chi connectivity index (χ1n) is 4.73. The minimum atomic E-state index is -3.43. The molecule has 7 heteroatoms. The molecular weight excluding hydrogens is 218 g/mol. The third kappa shape index (κ3) is 3.29. The maximum Gasteiger partial charge on any atom is 0.243 e. The van der Waals surface area contributed by atoms with Crippen LogP contribution in [0.3, 0.4) is 0 Å². The van der Waals surface area contributed by atoms with E-state index in [1.54, 1.807) is 0 Å². The fourth-order valence-corrected chi connectivity index (χ4v) is 2.11. The summed E-state index contributed by atoms with van der Waals surface area (Å²) in [5.74, 6) is 0. The van der Waals surface area contributed by atoms with Crippen molar-refractivity contribution in [2.24, 2.45) is 0 Å². The highest BCUT2D eigenvalue weighted by molar-refractivity contribution is 7.89. The molecule has 0 saturated heterocycles. The predicted octanol–water partition coefficient (Wildman–Crippen LogP) is -0.436. The van der Waals surface area contributed by atoms with Gasteiger partial charge in [-0.15, -0.1) is 0 Å². The summed E-state index contributed by atoms with van der Waals surface area (Å²) in [5.41, 5.74) is 0. The third-order valence-corrected chi connectivity index (χ3v) is 3.21. The normalized spacial score (nSPS) is 11.9. The molecule has 86 valence electrons. The Bertz CT molecular complexity index is 399. The molecular formula is C8H15N3O3S. The van der Waals surface area contributed by atoms with E-state index in [9.17, 15) is 8.42 Å². The van der Waals surface area contributed by atoms with Crippen molar-refractivity contribution >= 4 is 10.0 Å². The topological polar surface area (TPSA) is 84.2 Å². The van der Waals surface area contributed by atoms with E-state index in [0.29, 0.717) is 13.1 Å². The zero-order valence-corrected chi connectivity index (χ0v) is 9.37. The molecule has 6 nitrogen and oxygen atoms in total. The Morgan fingerprint density at radius 1 is 1.60 bits per heavy atom. The van der Waals surface area contributed by atoms with Crippen LogP contribution in [0.15, 0.2) is 17.3 Å². The fraction of sp³-hybridized carbons (Fsp3) is 0.625. The maximum atomic E-state index is 11.6. The average molecular weight is 233 g/mol. The van der Waals surface area contributed by atoms with Gasteiger partial charge in [0.2, 0.25) is 10.0 Å². The van der Waals surface area contributed by atoms with E-state index in [1.165, 1.54) is 17.1 Å². The Balaban J connectivity index is 2.76. The molecule has 0 saturated carbocycles. The smallest absolute Gasteiger partial charge is 0.243 e. The summed E-state index contributed by atoms with van der Waals surface area (Å²) in [6, 6.07) is 0. The first kappa shape index (κ1) is 12.2. The molecule has 1 rings (SSSR count). The van der Waals surface area contributed by atoms with Gasteiger partial charge in [0.05, 0.1) is 19.3 Å². The monoisotopic (exact) mass is 233 g/mol. The Labute approximate surface area is 89.0 Å². The largest absolute Gasteiger partial charge is 0.394 e. The van der Waals surface area contributed by atoms with Crippen molar-refractivity contribution in [3.05, 3.63) is 12.4 Å². The molecule has 0 unspecified atom stereocenters. The van der Waals surface area contributed by atoms with E-state index >= 15 is 0 Å². The van der Waals surface area contributed by atoms with Crippen LogP contribution >= 0.6 is 0 Å². The molecule has 1 aromatic heterocycles. The lowest BCUT2D eigenvalue weighted by Gasteiger charge is -2.01. The molecule has 0 aromatic carbocycles. The minimum Gasteiger partial charge on any atom is -0.394 e. The summed E-state index contributed by atoms with van der Waals surface area (Å²) in [7, 11) is -3.43. The van der Waals surface area contributed by atoms with Gasteiger partial charge >= 0.3 is 0 Å². The number of hydrogen-bond donors (Lipinski definition) is 2. The highest BCUT2D eigenvalue weighted by Crippen LogP contribution is 2.06. The Kier molecular flexibility index (Phi) is 4.25. The average Bonchev–Trinajstić information content (AvgIpc) is 2.65. The number of sulfonamides is 1. The number of rotatable bonds is 6. The van der Waals surface area contributed by atoms with Gasteiger partial charge in [-0.2, -0.15) is 5.10 Å². The summed E-state index contributed by atoms with van der Waals surface area (Å²) in [6.45, 7) is 2.53. The van der Waals surface area contributed by atoms with Crippen molar-refractivity contribution in [2.45, 2.75) is 24.8 Å². The quantitative estimate of drug-likeness (QED) is 0.698. The fourth-order valence-electron chi connectivity index (χ4n) is 1.03. The molecule has 1 aromatic rings. The van der Waals surface area contributed by atoms with Gasteiger partial charge in [0.15, 0.2) is 0 Å². The highest BCUT2D eigenvalue weighted by Gasteiger charge is 2.14. The van der Waals surface area contributed by atoms with Crippen molar-refractivity contribution in [1.29, 1.82) is 0 Å². The van der Waals surface area contributed by atoms with Crippen LogP contribution in [0.1, 0.15) is 13.3 Å². The lowest BCUT2D eigenvalue weighted by Crippen LogP contribution is -2.24. The first-order valence-corrected chi connectivity index (χ1v) is 6.21. The Morgan fingerprint density at radius 3 is 2.93 bits per heavy atom. The van der Waals surface area contributed by atoms with Gasteiger partial charge in [-0.3, -0.25) is 4.68 Å². The molecule has 0 aliphatic rings. The molecule has 0 radical (unpaired) electrons. The second-order valence-corrected chi connectivity index (χ2v) is 4.83. The van der Waals surface area contributed by atoms with E-state index in [4.69, 9.17) is 5.11 Å². The van der Waals surface area contributed by atoms with Crippen molar-refractivity contribution < 1.29 is 13.5 Å². The Morgan fingerprint density at radius 2 is 2.33 bits per heavy atom. The number of aromatic nitrogens is 2. The van der Waals surface area contributed by atoms with Gasteiger partial charge < -0.3 is 5.11 Å². The van der Waals surface area contributed by atoms with E-state index in [0.717, 1.165) is 6.42 Å². The van der Waals surface area contributed by atoms with Crippen molar-refractivity contribution in [2.75, 3.05) is 13.2 Å². The molecule has 0 aliphatic carbocycles. The summed E-state index contributed by atoms with van der Waals surface area (Å²) in [5, 5.41) is 12.5. The molecule has 15 heavy (non-hydrogen) atoms. The number of aliphatic hydroxyl groups is 1. The van der Waals surface area contributed by atoms with Gasteiger partial charge in [-0.1, -0.05) is 6.92 Å². The van der Waals surface area contributed by atoms with E-state index in [1.807, 2.05) is 6.92 Å². The van der Waals surface area contributed by atoms with Gasteiger partial charge in [-0.05, 0) is 6.42 Å².